The van der Waals surface area contributed by atoms with Crippen LogP contribution in [0.2, 0.25) is 0 Å². The van der Waals surface area contributed by atoms with Crippen LogP contribution < -0.4 is 0 Å². The van der Waals surface area contributed by atoms with Gasteiger partial charge in [-0.15, -0.1) is 0 Å². The van der Waals surface area contributed by atoms with Crippen LogP contribution in [0.1, 0.15) is 45.4 Å². The topological polar surface area (TPSA) is 20.2 Å². The first kappa shape index (κ1) is 7.60. The summed E-state index contributed by atoms with van der Waals surface area (Å²) in [5, 5.41) is 10.1. The predicted octanol–water partition coefficient (Wildman–Crippen LogP) is 2.34. The summed E-state index contributed by atoms with van der Waals surface area (Å²) in [7, 11) is 0. The van der Waals surface area contributed by atoms with Gasteiger partial charge in [-0.05, 0) is 43.9 Å². The van der Waals surface area contributed by atoms with Crippen molar-refractivity contribution in [2.45, 2.75) is 51.0 Å². The van der Waals surface area contributed by atoms with E-state index in [-0.39, 0.29) is 5.60 Å². The average molecular weight is 154 g/mol. The van der Waals surface area contributed by atoms with Crippen molar-refractivity contribution >= 4 is 0 Å². The third kappa shape index (κ3) is 1.31. The van der Waals surface area contributed by atoms with Gasteiger partial charge in [0.25, 0.3) is 0 Å². The van der Waals surface area contributed by atoms with Crippen LogP contribution in [0.3, 0.4) is 0 Å². The zero-order valence-electron chi connectivity index (χ0n) is 7.34. The predicted molar refractivity (Wildman–Crippen MR) is 45.3 cm³/mol. The van der Waals surface area contributed by atoms with E-state index in [0.29, 0.717) is 5.92 Å². The molecule has 64 valence electrons. The van der Waals surface area contributed by atoms with E-state index in [1.165, 1.54) is 25.7 Å². The molecule has 1 N–H and O–H groups in total. The van der Waals surface area contributed by atoms with Crippen LogP contribution in [0, 0.1) is 11.8 Å². The SMILES string of the molecule is CCC1CCC(O)(C2CC2)C1. The van der Waals surface area contributed by atoms with Crippen molar-refractivity contribution in [1.82, 2.24) is 0 Å². The van der Waals surface area contributed by atoms with E-state index in [4.69, 9.17) is 0 Å². The molecule has 0 aliphatic heterocycles. The second-order valence-corrected chi connectivity index (χ2v) is 4.39. The van der Waals surface area contributed by atoms with Crippen LogP contribution in [-0.4, -0.2) is 10.7 Å². The van der Waals surface area contributed by atoms with Crippen LogP contribution in [0.25, 0.3) is 0 Å². The molecular weight excluding hydrogens is 136 g/mol. The normalized spacial score (nSPS) is 44.7. The lowest BCUT2D eigenvalue weighted by Crippen LogP contribution is -2.27. The van der Waals surface area contributed by atoms with Crippen LogP contribution in [0.4, 0.5) is 0 Å². The lowest BCUT2D eigenvalue weighted by Gasteiger charge is -2.21. The largest absolute Gasteiger partial charge is 0.390 e. The van der Waals surface area contributed by atoms with E-state index in [2.05, 4.69) is 6.92 Å². The summed E-state index contributed by atoms with van der Waals surface area (Å²) in [5.74, 6) is 1.50. The molecule has 0 aromatic heterocycles. The zero-order valence-corrected chi connectivity index (χ0v) is 7.34. The molecule has 1 heteroatoms. The van der Waals surface area contributed by atoms with Crippen molar-refractivity contribution < 1.29 is 5.11 Å². The van der Waals surface area contributed by atoms with Crippen molar-refractivity contribution in [3.8, 4) is 0 Å². The first-order valence-corrected chi connectivity index (χ1v) is 4.97. The lowest BCUT2D eigenvalue weighted by atomic mass is 9.94. The molecule has 0 bridgehead atoms. The van der Waals surface area contributed by atoms with Gasteiger partial charge in [-0.2, -0.15) is 0 Å². The van der Waals surface area contributed by atoms with E-state index < -0.39 is 0 Å². The molecule has 2 aliphatic carbocycles. The summed E-state index contributed by atoms with van der Waals surface area (Å²) < 4.78 is 0. The van der Waals surface area contributed by atoms with Gasteiger partial charge in [-0.1, -0.05) is 13.3 Å². The Morgan fingerprint density at radius 1 is 1.36 bits per heavy atom. The van der Waals surface area contributed by atoms with Gasteiger partial charge in [0.2, 0.25) is 0 Å². The number of hydrogen-bond acceptors (Lipinski definition) is 1. The smallest absolute Gasteiger partial charge is 0.0678 e. The van der Waals surface area contributed by atoms with E-state index in [1.807, 2.05) is 0 Å². The minimum Gasteiger partial charge on any atom is -0.390 e. The second-order valence-electron chi connectivity index (χ2n) is 4.39. The van der Waals surface area contributed by atoms with Gasteiger partial charge in [0, 0.05) is 0 Å². The van der Waals surface area contributed by atoms with E-state index >= 15 is 0 Å². The molecule has 2 unspecified atom stereocenters. The maximum Gasteiger partial charge on any atom is 0.0678 e. The van der Waals surface area contributed by atoms with E-state index in [9.17, 15) is 5.11 Å². The molecular formula is C10H18O. The average Bonchev–Trinajstić information content (AvgIpc) is 2.77. The molecule has 11 heavy (non-hydrogen) atoms. The lowest BCUT2D eigenvalue weighted by molar-refractivity contribution is 0.0206. The Bertz CT molecular complexity index is 151. The molecule has 0 saturated heterocycles. The number of aliphatic hydroxyl groups is 1. The molecule has 2 saturated carbocycles. The van der Waals surface area contributed by atoms with Crippen LogP contribution >= 0.6 is 0 Å². The Morgan fingerprint density at radius 2 is 2.09 bits per heavy atom. The Balaban J connectivity index is 1.95. The summed E-state index contributed by atoms with van der Waals surface area (Å²) in [4.78, 5) is 0. The Kier molecular flexibility index (Phi) is 1.71. The van der Waals surface area contributed by atoms with Gasteiger partial charge < -0.3 is 5.11 Å². The second kappa shape index (κ2) is 2.48. The molecule has 2 atom stereocenters. The van der Waals surface area contributed by atoms with Crippen molar-refractivity contribution in [1.29, 1.82) is 0 Å². The first-order chi connectivity index (χ1) is 5.24. The van der Waals surface area contributed by atoms with Crippen molar-refractivity contribution in [2.75, 3.05) is 0 Å². The summed E-state index contributed by atoms with van der Waals surface area (Å²) >= 11 is 0. The molecule has 2 rings (SSSR count). The monoisotopic (exact) mass is 154 g/mol. The summed E-state index contributed by atoms with van der Waals surface area (Å²) in [6.07, 6.45) is 7.27. The van der Waals surface area contributed by atoms with E-state index in [0.717, 1.165) is 18.8 Å². The van der Waals surface area contributed by atoms with Gasteiger partial charge in [0.1, 0.15) is 0 Å². The third-order valence-electron chi connectivity index (χ3n) is 3.54. The minimum absolute atomic E-state index is 0.222. The van der Waals surface area contributed by atoms with Gasteiger partial charge in [0.05, 0.1) is 5.60 Å². The van der Waals surface area contributed by atoms with Crippen LogP contribution in [-0.2, 0) is 0 Å². The van der Waals surface area contributed by atoms with Crippen LogP contribution in [0.15, 0.2) is 0 Å². The summed E-state index contributed by atoms with van der Waals surface area (Å²) in [5.41, 5.74) is -0.222. The van der Waals surface area contributed by atoms with Crippen molar-refractivity contribution in [3.05, 3.63) is 0 Å². The highest BCUT2D eigenvalue weighted by atomic mass is 16.3. The van der Waals surface area contributed by atoms with Gasteiger partial charge in [-0.25, -0.2) is 0 Å². The Hall–Kier alpha value is -0.0400. The first-order valence-electron chi connectivity index (χ1n) is 4.97. The molecule has 0 aromatic carbocycles. The van der Waals surface area contributed by atoms with Crippen molar-refractivity contribution in [3.63, 3.8) is 0 Å². The summed E-state index contributed by atoms with van der Waals surface area (Å²) in [6, 6.07) is 0. The molecule has 2 fully saturated rings. The van der Waals surface area contributed by atoms with Crippen molar-refractivity contribution in [2.24, 2.45) is 11.8 Å². The molecule has 0 spiro atoms. The molecule has 0 amide bonds. The van der Waals surface area contributed by atoms with Crippen LogP contribution in [0.5, 0.6) is 0 Å². The number of hydrogen-bond donors (Lipinski definition) is 1. The molecule has 0 radical (unpaired) electrons. The maximum absolute atomic E-state index is 10.1. The van der Waals surface area contributed by atoms with Gasteiger partial charge >= 0.3 is 0 Å². The fourth-order valence-electron chi connectivity index (χ4n) is 2.50. The fraction of sp³-hybridized carbons (Fsp3) is 1.00. The van der Waals surface area contributed by atoms with E-state index in [1.54, 1.807) is 0 Å². The van der Waals surface area contributed by atoms with Gasteiger partial charge in [0.15, 0.2) is 0 Å². The third-order valence-corrected chi connectivity index (χ3v) is 3.54. The number of rotatable bonds is 2. The standard InChI is InChI=1S/C10H18O/c1-2-8-5-6-10(11,7-8)9-3-4-9/h8-9,11H,2-7H2,1H3. The minimum atomic E-state index is -0.222. The van der Waals surface area contributed by atoms with Gasteiger partial charge in [-0.3, -0.25) is 0 Å². The highest BCUT2D eigenvalue weighted by molar-refractivity contribution is 4.99. The maximum atomic E-state index is 10.1. The molecule has 1 nitrogen and oxygen atoms in total. The Morgan fingerprint density at radius 3 is 2.55 bits per heavy atom. The highest BCUT2D eigenvalue weighted by Crippen LogP contribution is 2.50. The Labute approximate surface area is 68.8 Å². The summed E-state index contributed by atoms with van der Waals surface area (Å²) in [6.45, 7) is 2.24. The fourth-order valence-corrected chi connectivity index (χ4v) is 2.50. The quantitative estimate of drug-likeness (QED) is 0.647. The molecule has 0 aromatic rings. The highest BCUT2D eigenvalue weighted by Gasteiger charge is 2.47. The molecule has 0 heterocycles. The molecule has 2 aliphatic rings. The zero-order chi connectivity index (χ0) is 7.90.